The number of fused-ring (bicyclic) bond motifs is 1. The number of pyridine rings is 1. The summed E-state index contributed by atoms with van der Waals surface area (Å²) in [7, 11) is 1.38. The number of hydrogen-bond donors (Lipinski definition) is 2. The molecule has 2 N–H and O–H groups in total. The number of carbonyl (C=O) groups excluding carboxylic acids is 3. The maximum Gasteiger partial charge on any atom is 0.339 e. The summed E-state index contributed by atoms with van der Waals surface area (Å²) in [6, 6.07) is 1.06. The summed E-state index contributed by atoms with van der Waals surface area (Å²) in [4.78, 5) is 39.8. The van der Waals surface area contributed by atoms with Crippen LogP contribution in [-0.2, 0) is 9.53 Å². The normalized spacial score (nSPS) is 11.0. The molecule has 0 spiro atoms. The molecule has 0 atom stereocenters. The van der Waals surface area contributed by atoms with Crippen molar-refractivity contribution in [3.63, 3.8) is 0 Å². The number of nitrogens with zero attached hydrogens (tertiary/aromatic N) is 3. The molecule has 0 fully saturated rings. The highest BCUT2D eigenvalue weighted by atomic mass is 16.5. The molecular formula is C17H23N5O4. The number of urea groups is 1. The number of amides is 3. The quantitative estimate of drug-likeness (QED) is 0.784. The van der Waals surface area contributed by atoms with Crippen LogP contribution in [0.1, 0.15) is 55.7 Å². The van der Waals surface area contributed by atoms with E-state index in [-0.39, 0.29) is 12.0 Å². The van der Waals surface area contributed by atoms with E-state index in [0.29, 0.717) is 16.6 Å². The van der Waals surface area contributed by atoms with Crippen LogP contribution in [0.2, 0.25) is 0 Å². The summed E-state index contributed by atoms with van der Waals surface area (Å²) >= 11 is 0. The maximum absolute atomic E-state index is 12.5. The predicted molar refractivity (Wildman–Crippen MR) is 94.9 cm³/mol. The molecule has 0 aromatic carbocycles. The molecule has 26 heavy (non-hydrogen) atoms. The molecule has 140 valence electrons. The summed E-state index contributed by atoms with van der Waals surface area (Å²) in [6.45, 7) is 7.31. The van der Waals surface area contributed by atoms with Gasteiger partial charge in [-0.2, -0.15) is 5.10 Å². The van der Waals surface area contributed by atoms with E-state index >= 15 is 0 Å². The van der Waals surface area contributed by atoms with E-state index in [2.05, 4.69) is 15.4 Å². The summed E-state index contributed by atoms with van der Waals surface area (Å²) in [6.07, 6.45) is 1.56. The summed E-state index contributed by atoms with van der Waals surface area (Å²) in [5, 5.41) is 9.12. The third-order valence-corrected chi connectivity index (χ3v) is 3.70. The molecule has 0 saturated carbocycles. The van der Waals surface area contributed by atoms with Crippen LogP contribution in [0.25, 0.3) is 11.0 Å². The van der Waals surface area contributed by atoms with Gasteiger partial charge in [0.15, 0.2) is 12.3 Å². The van der Waals surface area contributed by atoms with Crippen LogP contribution in [0.3, 0.4) is 0 Å². The Labute approximate surface area is 151 Å². The largest absolute Gasteiger partial charge is 0.452 e. The number of esters is 1. The number of carbonyl (C=O) groups is 3. The number of aromatic nitrogens is 3. The van der Waals surface area contributed by atoms with Crippen molar-refractivity contribution < 1.29 is 19.1 Å². The smallest absolute Gasteiger partial charge is 0.339 e. The third-order valence-electron chi connectivity index (χ3n) is 3.70. The molecule has 2 heterocycles. The highest BCUT2D eigenvalue weighted by molar-refractivity contribution is 6.03. The van der Waals surface area contributed by atoms with Gasteiger partial charge in [0.2, 0.25) is 0 Å². The molecule has 2 rings (SSSR count). The fourth-order valence-corrected chi connectivity index (χ4v) is 2.31. The van der Waals surface area contributed by atoms with Crippen LogP contribution in [0.4, 0.5) is 4.79 Å². The lowest BCUT2D eigenvalue weighted by Gasteiger charge is -2.12. The molecule has 0 saturated heterocycles. The number of hydrogen-bond acceptors (Lipinski definition) is 6. The van der Waals surface area contributed by atoms with Crippen LogP contribution < -0.4 is 10.6 Å². The van der Waals surface area contributed by atoms with Crippen molar-refractivity contribution in [2.75, 3.05) is 13.7 Å². The van der Waals surface area contributed by atoms with Gasteiger partial charge in [0.1, 0.15) is 0 Å². The average Bonchev–Trinajstić information content (AvgIpc) is 3.02. The fraction of sp³-hybridized carbons (Fsp3) is 0.471. The second kappa shape index (κ2) is 7.94. The van der Waals surface area contributed by atoms with E-state index in [1.165, 1.54) is 7.05 Å². The number of nitrogens with one attached hydrogen (secondary N) is 2. The molecule has 0 aliphatic heterocycles. The molecule has 9 heteroatoms. The Morgan fingerprint density at radius 3 is 2.50 bits per heavy atom. The van der Waals surface area contributed by atoms with Crippen molar-refractivity contribution in [1.82, 2.24) is 25.4 Å². The SMILES string of the molecule is CNC(=O)NC(=O)COC(=O)c1cc(C(C)C)nc2c1cnn2C(C)C. The van der Waals surface area contributed by atoms with Gasteiger partial charge in [0.05, 0.1) is 17.1 Å². The lowest BCUT2D eigenvalue weighted by molar-refractivity contribution is -0.123. The van der Waals surface area contributed by atoms with Crippen molar-refractivity contribution in [3.05, 3.63) is 23.5 Å². The van der Waals surface area contributed by atoms with Gasteiger partial charge in [0.25, 0.3) is 5.91 Å². The van der Waals surface area contributed by atoms with E-state index in [1.807, 2.05) is 33.0 Å². The van der Waals surface area contributed by atoms with Gasteiger partial charge in [-0.3, -0.25) is 10.1 Å². The first-order chi connectivity index (χ1) is 12.2. The van der Waals surface area contributed by atoms with Crippen LogP contribution in [0.15, 0.2) is 12.3 Å². The zero-order valence-corrected chi connectivity index (χ0v) is 15.5. The lowest BCUT2D eigenvalue weighted by atomic mass is 10.1. The first-order valence-electron chi connectivity index (χ1n) is 8.31. The highest BCUT2D eigenvalue weighted by Crippen LogP contribution is 2.24. The van der Waals surface area contributed by atoms with Crippen molar-refractivity contribution in [1.29, 1.82) is 0 Å². The minimum atomic E-state index is -0.718. The zero-order valence-electron chi connectivity index (χ0n) is 15.5. The van der Waals surface area contributed by atoms with Crippen molar-refractivity contribution in [2.45, 2.75) is 39.7 Å². The fourth-order valence-electron chi connectivity index (χ4n) is 2.31. The van der Waals surface area contributed by atoms with Gasteiger partial charge in [-0.25, -0.2) is 19.3 Å². The van der Waals surface area contributed by atoms with Crippen molar-refractivity contribution in [2.24, 2.45) is 0 Å². The average molecular weight is 361 g/mol. The predicted octanol–water partition coefficient (Wildman–Crippen LogP) is 1.75. The van der Waals surface area contributed by atoms with Gasteiger partial charge in [-0.15, -0.1) is 0 Å². The maximum atomic E-state index is 12.5. The van der Waals surface area contributed by atoms with Crippen LogP contribution in [0, 0.1) is 0 Å². The highest BCUT2D eigenvalue weighted by Gasteiger charge is 2.20. The van der Waals surface area contributed by atoms with Gasteiger partial charge in [-0.05, 0) is 25.8 Å². The molecule has 0 aliphatic rings. The Bertz CT molecular complexity index is 841. The first kappa shape index (κ1) is 19.4. The van der Waals surface area contributed by atoms with Crippen LogP contribution in [0.5, 0.6) is 0 Å². The topological polar surface area (TPSA) is 115 Å². The number of ether oxygens (including phenoxy) is 1. The van der Waals surface area contributed by atoms with E-state index in [4.69, 9.17) is 4.74 Å². The molecule has 2 aromatic rings. The molecule has 0 radical (unpaired) electrons. The molecule has 3 amide bonds. The standard InChI is InChI=1S/C17H23N5O4/c1-9(2)13-6-11(12-7-19-22(10(3)4)15(12)20-13)16(24)26-8-14(23)21-17(25)18-5/h6-7,9-10H,8H2,1-5H3,(H2,18,21,23,25). The van der Waals surface area contributed by atoms with Gasteiger partial charge >= 0.3 is 12.0 Å². The van der Waals surface area contributed by atoms with Gasteiger partial charge < -0.3 is 10.1 Å². The first-order valence-corrected chi connectivity index (χ1v) is 8.31. The Morgan fingerprint density at radius 2 is 1.92 bits per heavy atom. The minimum Gasteiger partial charge on any atom is -0.452 e. The molecular weight excluding hydrogens is 338 g/mol. The van der Waals surface area contributed by atoms with E-state index in [0.717, 1.165) is 5.69 Å². The molecule has 0 bridgehead atoms. The van der Waals surface area contributed by atoms with Gasteiger partial charge in [0, 0.05) is 18.8 Å². The van der Waals surface area contributed by atoms with Crippen LogP contribution >= 0.6 is 0 Å². The summed E-state index contributed by atoms with van der Waals surface area (Å²) < 4.78 is 6.78. The Hall–Kier alpha value is -2.97. The summed E-state index contributed by atoms with van der Waals surface area (Å²) in [5.41, 5.74) is 1.60. The number of rotatable bonds is 5. The molecule has 0 aliphatic carbocycles. The monoisotopic (exact) mass is 361 g/mol. The zero-order chi connectivity index (χ0) is 19.4. The Kier molecular flexibility index (Phi) is 5.91. The van der Waals surface area contributed by atoms with E-state index in [9.17, 15) is 14.4 Å². The minimum absolute atomic E-state index is 0.0737. The molecule has 2 aromatic heterocycles. The Balaban J connectivity index is 2.31. The van der Waals surface area contributed by atoms with E-state index < -0.39 is 24.5 Å². The second-order valence-corrected chi connectivity index (χ2v) is 6.37. The van der Waals surface area contributed by atoms with Crippen molar-refractivity contribution >= 4 is 28.9 Å². The number of imide groups is 1. The van der Waals surface area contributed by atoms with E-state index in [1.54, 1.807) is 16.9 Å². The lowest BCUT2D eigenvalue weighted by Crippen LogP contribution is -2.39. The molecule has 0 unspecified atom stereocenters. The summed E-state index contributed by atoms with van der Waals surface area (Å²) in [5.74, 6) is -1.29. The Morgan fingerprint density at radius 1 is 1.23 bits per heavy atom. The molecule has 9 nitrogen and oxygen atoms in total. The second-order valence-electron chi connectivity index (χ2n) is 6.37. The van der Waals surface area contributed by atoms with Gasteiger partial charge in [-0.1, -0.05) is 13.8 Å². The van der Waals surface area contributed by atoms with Crippen LogP contribution in [-0.4, -0.2) is 46.3 Å². The van der Waals surface area contributed by atoms with Crippen molar-refractivity contribution in [3.8, 4) is 0 Å². The third kappa shape index (κ3) is 4.16.